The molecule has 2 rings (SSSR count). The first-order valence-corrected chi connectivity index (χ1v) is 7.33. The van der Waals surface area contributed by atoms with Gasteiger partial charge in [-0.05, 0) is 36.2 Å². The first kappa shape index (κ1) is 14.7. The number of nitrogens with zero attached hydrogens (tertiary/aromatic N) is 2. The number of thiophene rings is 1. The number of aliphatic hydroxyl groups is 1. The van der Waals surface area contributed by atoms with Crippen molar-refractivity contribution >= 4 is 22.9 Å². The number of benzene rings is 1. The number of likely N-dealkylation sites (N-methyl/N-ethyl adjacent to an activating group) is 1. The molecule has 0 bridgehead atoms. The number of hydrogen-bond acceptors (Lipinski definition) is 4. The maximum atomic E-state index is 8.91. The third-order valence-electron chi connectivity index (χ3n) is 2.87. The molecule has 1 aromatic heterocycles. The predicted octanol–water partition coefficient (Wildman–Crippen LogP) is 2.21. The van der Waals surface area contributed by atoms with Gasteiger partial charge in [-0.1, -0.05) is 18.2 Å². The van der Waals surface area contributed by atoms with Crippen molar-refractivity contribution in [3.63, 3.8) is 0 Å². The molecule has 0 saturated carbocycles. The van der Waals surface area contributed by atoms with Gasteiger partial charge in [0.1, 0.15) is 5.84 Å². The van der Waals surface area contributed by atoms with E-state index in [1.54, 1.807) is 11.3 Å². The summed E-state index contributed by atoms with van der Waals surface area (Å²) in [6, 6.07) is 11.9. The van der Waals surface area contributed by atoms with Crippen molar-refractivity contribution < 1.29 is 5.11 Å². The molecule has 0 saturated heterocycles. The zero-order chi connectivity index (χ0) is 14.4. The highest BCUT2D eigenvalue weighted by Crippen LogP contribution is 2.17. The monoisotopic (exact) mass is 289 g/mol. The number of rotatable bonds is 6. The largest absolute Gasteiger partial charge is 0.395 e. The topological polar surface area (TPSA) is 61.8 Å². The molecule has 0 spiro atoms. The van der Waals surface area contributed by atoms with Gasteiger partial charge >= 0.3 is 0 Å². The average molecular weight is 289 g/mol. The van der Waals surface area contributed by atoms with Crippen LogP contribution in [0.1, 0.15) is 10.4 Å². The molecule has 1 aromatic carbocycles. The fraction of sp³-hybridized carbons (Fsp3) is 0.267. The van der Waals surface area contributed by atoms with Crippen molar-refractivity contribution in [3.8, 4) is 0 Å². The summed E-state index contributed by atoms with van der Waals surface area (Å²) >= 11 is 1.58. The van der Waals surface area contributed by atoms with Crippen LogP contribution >= 0.6 is 11.3 Å². The van der Waals surface area contributed by atoms with Crippen molar-refractivity contribution in [2.24, 2.45) is 10.7 Å². The molecule has 4 nitrogen and oxygen atoms in total. The molecule has 0 radical (unpaired) electrons. The molecule has 0 aliphatic carbocycles. The molecule has 2 aromatic rings. The summed E-state index contributed by atoms with van der Waals surface area (Å²) in [6.45, 7) is 1.60. The fourth-order valence-corrected chi connectivity index (χ4v) is 2.53. The lowest BCUT2D eigenvalue weighted by Crippen LogP contribution is -2.21. The molecule has 106 valence electrons. The van der Waals surface area contributed by atoms with E-state index in [1.165, 1.54) is 0 Å². The summed E-state index contributed by atoms with van der Waals surface area (Å²) < 4.78 is 0. The van der Waals surface area contributed by atoms with Crippen molar-refractivity contribution in [2.45, 2.75) is 6.54 Å². The SMILES string of the molecule is CN(CCO)Cc1cccc(N=C(N)c2cccs2)c1. The smallest absolute Gasteiger partial charge is 0.141 e. The van der Waals surface area contributed by atoms with Crippen LogP contribution in [-0.4, -0.2) is 36.0 Å². The summed E-state index contributed by atoms with van der Waals surface area (Å²) in [7, 11) is 1.98. The standard InChI is InChI=1S/C15H19N3OS/c1-18(7-8-19)11-12-4-2-5-13(10-12)17-15(16)14-6-3-9-20-14/h2-6,9-10,19H,7-8,11H2,1H3,(H2,16,17). The summed E-state index contributed by atoms with van der Waals surface area (Å²) in [6.07, 6.45) is 0. The third-order valence-corrected chi connectivity index (χ3v) is 3.76. The van der Waals surface area contributed by atoms with Crippen molar-refractivity contribution in [2.75, 3.05) is 20.2 Å². The van der Waals surface area contributed by atoms with Gasteiger partial charge in [0, 0.05) is 13.1 Å². The first-order chi connectivity index (χ1) is 9.69. The van der Waals surface area contributed by atoms with Gasteiger partial charge in [-0.3, -0.25) is 4.90 Å². The second kappa shape index (κ2) is 7.19. The van der Waals surface area contributed by atoms with E-state index in [9.17, 15) is 0 Å². The lowest BCUT2D eigenvalue weighted by Gasteiger charge is -2.15. The van der Waals surface area contributed by atoms with E-state index in [1.807, 2.05) is 48.8 Å². The molecule has 0 aliphatic rings. The summed E-state index contributed by atoms with van der Waals surface area (Å²) in [5.41, 5.74) is 7.99. The molecule has 0 fully saturated rings. The van der Waals surface area contributed by atoms with E-state index in [-0.39, 0.29) is 6.61 Å². The van der Waals surface area contributed by atoms with Gasteiger partial charge in [0.15, 0.2) is 0 Å². The van der Waals surface area contributed by atoms with Crippen molar-refractivity contribution in [3.05, 3.63) is 52.2 Å². The lowest BCUT2D eigenvalue weighted by atomic mass is 10.2. The Labute approximate surface area is 123 Å². The van der Waals surface area contributed by atoms with Crippen molar-refractivity contribution in [1.29, 1.82) is 0 Å². The maximum Gasteiger partial charge on any atom is 0.141 e. The minimum absolute atomic E-state index is 0.166. The molecule has 1 heterocycles. The van der Waals surface area contributed by atoms with Crippen LogP contribution in [0.5, 0.6) is 0 Å². The van der Waals surface area contributed by atoms with Crippen LogP contribution in [0.2, 0.25) is 0 Å². The number of aliphatic hydroxyl groups excluding tert-OH is 1. The van der Waals surface area contributed by atoms with E-state index in [0.717, 1.165) is 22.7 Å². The third kappa shape index (κ3) is 4.16. The number of amidine groups is 1. The van der Waals surface area contributed by atoms with Gasteiger partial charge in [0.2, 0.25) is 0 Å². The second-order valence-electron chi connectivity index (χ2n) is 4.61. The van der Waals surface area contributed by atoms with Crippen LogP contribution in [0.15, 0.2) is 46.8 Å². The van der Waals surface area contributed by atoms with Gasteiger partial charge in [-0.2, -0.15) is 0 Å². The molecular weight excluding hydrogens is 270 g/mol. The Balaban J connectivity index is 2.11. The molecule has 0 atom stereocenters. The lowest BCUT2D eigenvalue weighted by molar-refractivity contribution is 0.217. The van der Waals surface area contributed by atoms with Crippen molar-refractivity contribution in [1.82, 2.24) is 4.90 Å². The minimum Gasteiger partial charge on any atom is -0.395 e. The van der Waals surface area contributed by atoms with E-state index in [2.05, 4.69) is 9.89 Å². The van der Waals surface area contributed by atoms with Crippen LogP contribution in [0.4, 0.5) is 5.69 Å². The van der Waals surface area contributed by atoms with Crippen LogP contribution < -0.4 is 5.73 Å². The van der Waals surface area contributed by atoms with Crippen LogP contribution in [0, 0.1) is 0 Å². The Morgan fingerprint density at radius 3 is 2.90 bits per heavy atom. The number of aliphatic imine (C=N–C) groups is 1. The quantitative estimate of drug-likeness (QED) is 0.633. The first-order valence-electron chi connectivity index (χ1n) is 6.45. The highest BCUT2D eigenvalue weighted by Gasteiger charge is 2.02. The van der Waals surface area contributed by atoms with E-state index in [0.29, 0.717) is 12.4 Å². The van der Waals surface area contributed by atoms with E-state index in [4.69, 9.17) is 10.8 Å². The Kier molecular flexibility index (Phi) is 5.29. The van der Waals surface area contributed by atoms with Crippen LogP contribution in [0.3, 0.4) is 0 Å². The van der Waals surface area contributed by atoms with Gasteiger partial charge < -0.3 is 10.8 Å². The average Bonchev–Trinajstić information content (AvgIpc) is 2.93. The Morgan fingerprint density at radius 2 is 2.20 bits per heavy atom. The van der Waals surface area contributed by atoms with E-state index < -0.39 is 0 Å². The Hall–Kier alpha value is -1.69. The van der Waals surface area contributed by atoms with Gasteiger partial charge in [0.25, 0.3) is 0 Å². The molecule has 20 heavy (non-hydrogen) atoms. The zero-order valence-corrected chi connectivity index (χ0v) is 12.3. The number of hydrogen-bond donors (Lipinski definition) is 2. The van der Waals surface area contributed by atoms with E-state index >= 15 is 0 Å². The van der Waals surface area contributed by atoms with Crippen LogP contribution in [-0.2, 0) is 6.54 Å². The summed E-state index contributed by atoms with van der Waals surface area (Å²) in [4.78, 5) is 7.49. The molecule has 5 heteroatoms. The predicted molar refractivity (Wildman–Crippen MR) is 84.6 cm³/mol. The molecule has 0 aliphatic heterocycles. The Morgan fingerprint density at radius 1 is 1.35 bits per heavy atom. The highest BCUT2D eigenvalue weighted by atomic mass is 32.1. The molecule has 0 amide bonds. The van der Waals surface area contributed by atoms with Gasteiger partial charge in [-0.25, -0.2) is 4.99 Å². The maximum absolute atomic E-state index is 8.91. The normalized spacial score (nSPS) is 12.1. The molecular formula is C15H19N3OS. The minimum atomic E-state index is 0.166. The molecule has 0 unspecified atom stereocenters. The highest BCUT2D eigenvalue weighted by molar-refractivity contribution is 7.12. The Bertz CT molecular complexity index is 566. The summed E-state index contributed by atoms with van der Waals surface area (Å²) in [5.74, 6) is 0.542. The molecule has 3 N–H and O–H groups in total. The van der Waals surface area contributed by atoms with Gasteiger partial charge in [0.05, 0.1) is 17.2 Å². The fourth-order valence-electron chi connectivity index (χ4n) is 1.90. The van der Waals surface area contributed by atoms with Crippen LogP contribution in [0.25, 0.3) is 0 Å². The van der Waals surface area contributed by atoms with Gasteiger partial charge in [-0.15, -0.1) is 11.3 Å². The summed E-state index contributed by atoms with van der Waals surface area (Å²) in [5, 5.41) is 10.9. The number of nitrogens with two attached hydrogens (primary N) is 1. The zero-order valence-electron chi connectivity index (χ0n) is 11.5. The second-order valence-corrected chi connectivity index (χ2v) is 5.55.